The summed E-state index contributed by atoms with van der Waals surface area (Å²) in [6, 6.07) is 20.4. The molecule has 1 N–H and O–H groups in total. The minimum absolute atomic E-state index is 0.184. The van der Waals surface area contributed by atoms with Crippen LogP contribution in [0.4, 0.5) is 11.4 Å². The van der Waals surface area contributed by atoms with Gasteiger partial charge in [0.15, 0.2) is 0 Å². The fourth-order valence-electron chi connectivity index (χ4n) is 2.81. The van der Waals surface area contributed by atoms with Gasteiger partial charge in [0.25, 0.3) is 15.7 Å². The van der Waals surface area contributed by atoms with E-state index in [1.165, 1.54) is 18.2 Å². The van der Waals surface area contributed by atoms with Crippen molar-refractivity contribution in [2.24, 2.45) is 0 Å². The van der Waals surface area contributed by atoms with Gasteiger partial charge in [-0.3, -0.25) is 19.2 Å². The highest BCUT2D eigenvalue weighted by Gasteiger charge is 2.29. The molecule has 0 aliphatic heterocycles. The van der Waals surface area contributed by atoms with E-state index in [0.29, 0.717) is 0 Å². The molecule has 3 aromatic rings. The first-order chi connectivity index (χ1) is 14.8. The van der Waals surface area contributed by atoms with Crippen LogP contribution in [-0.2, 0) is 21.4 Å². The van der Waals surface area contributed by atoms with Gasteiger partial charge in [-0.2, -0.15) is 0 Å². The van der Waals surface area contributed by atoms with Crippen molar-refractivity contribution in [3.63, 3.8) is 0 Å². The number of carbonyl (C=O) groups excluding carboxylic acids is 1. The predicted molar refractivity (Wildman–Crippen MR) is 117 cm³/mol. The van der Waals surface area contributed by atoms with Crippen molar-refractivity contribution >= 4 is 38.9 Å². The molecule has 0 aromatic heterocycles. The Hall–Kier alpha value is -3.43. The standard InChI is InChI=1S/C21H18ClN3O5S/c22-19-12-11-18(13-20(19)25(27)28)31(29,30)24(17-9-5-2-6-10-17)15-21(26)23-14-16-7-3-1-4-8-16/h1-13H,14-15H2,(H,23,26). The molecule has 8 nitrogen and oxygen atoms in total. The molecule has 0 saturated heterocycles. The fourth-order valence-corrected chi connectivity index (χ4v) is 4.44. The molecule has 0 aliphatic rings. The Balaban J connectivity index is 1.91. The smallest absolute Gasteiger partial charge is 0.289 e. The zero-order valence-corrected chi connectivity index (χ0v) is 17.7. The highest BCUT2D eigenvalue weighted by atomic mass is 35.5. The fraction of sp³-hybridized carbons (Fsp3) is 0.0952. The molecular weight excluding hydrogens is 442 g/mol. The number of carbonyl (C=O) groups is 1. The number of benzene rings is 3. The predicted octanol–water partition coefficient (Wildman–Crippen LogP) is 3.76. The maximum atomic E-state index is 13.3. The quantitative estimate of drug-likeness (QED) is 0.407. The van der Waals surface area contributed by atoms with Crippen LogP contribution in [0.15, 0.2) is 83.8 Å². The summed E-state index contributed by atoms with van der Waals surface area (Å²) in [7, 11) is -4.30. The number of nitrogens with zero attached hydrogens (tertiary/aromatic N) is 2. The molecule has 3 aromatic carbocycles. The van der Waals surface area contributed by atoms with Gasteiger partial charge in [0.1, 0.15) is 11.6 Å². The van der Waals surface area contributed by atoms with Crippen molar-refractivity contribution in [1.29, 1.82) is 0 Å². The molecule has 0 unspecified atom stereocenters. The highest BCUT2D eigenvalue weighted by molar-refractivity contribution is 7.92. The second-order valence-electron chi connectivity index (χ2n) is 6.48. The van der Waals surface area contributed by atoms with Crippen LogP contribution in [0.25, 0.3) is 0 Å². The highest BCUT2D eigenvalue weighted by Crippen LogP contribution is 2.30. The average molecular weight is 460 g/mol. The monoisotopic (exact) mass is 459 g/mol. The summed E-state index contributed by atoms with van der Waals surface area (Å²) in [4.78, 5) is 22.6. The zero-order chi connectivity index (χ0) is 22.4. The lowest BCUT2D eigenvalue weighted by atomic mass is 10.2. The Labute approximate surface area is 184 Å². The van der Waals surface area contributed by atoms with Gasteiger partial charge in [0.05, 0.1) is 15.5 Å². The summed E-state index contributed by atoms with van der Waals surface area (Å²) in [6.45, 7) is -0.273. The number of nitrogens with one attached hydrogen (secondary N) is 1. The maximum Gasteiger partial charge on any atom is 0.289 e. The van der Waals surface area contributed by atoms with Crippen LogP contribution in [-0.4, -0.2) is 25.8 Å². The second-order valence-corrected chi connectivity index (χ2v) is 8.75. The normalized spacial score (nSPS) is 11.0. The molecule has 0 heterocycles. The molecule has 31 heavy (non-hydrogen) atoms. The summed E-state index contributed by atoms with van der Waals surface area (Å²) < 4.78 is 27.5. The van der Waals surface area contributed by atoms with Crippen molar-refractivity contribution in [3.05, 3.63) is 99.6 Å². The third-order valence-corrected chi connectivity index (χ3v) is 6.46. The molecule has 0 saturated carbocycles. The lowest BCUT2D eigenvalue weighted by molar-refractivity contribution is -0.384. The lowest BCUT2D eigenvalue weighted by Crippen LogP contribution is -2.40. The van der Waals surface area contributed by atoms with Crippen LogP contribution in [0.2, 0.25) is 5.02 Å². The summed E-state index contributed by atoms with van der Waals surface area (Å²) in [5.74, 6) is -0.528. The van der Waals surface area contributed by atoms with Gasteiger partial charge in [-0.25, -0.2) is 8.42 Å². The Bertz CT molecular complexity index is 1190. The zero-order valence-electron chi connectivity index (χ0n) is 16.1. The molecule has 3 rings (SSSR count). The molecular formula is C21H18ClN3O5S. The molecule has 0 spiro atoms. The Morgan fingerprint density at radius 1 is 1.00 bits per heavy atom. The number of nitro groups is 1. The van der Waals surface area contributed by atoms with Gasteiger partial charge in [0, 0.05) is 12.6 Å². The van der Waals surface area contributed by atoms with Crippen molar-refractivity contribution in [1.82, 2.24) is 5.32 Å². The average Bonchev–Trinajstić information content (AvgIpc) is 2.77. The van der Waals surface area contributed by atoms with Gasteiger partial charge in [0.2, 0.25) is 5.91 Å². The first-order valence-electron chi connectivity index (χ1n) is 9.11. The van der Waals surface area contributed by atoms with Crippen LogP contribution in [0.3, 0.4) is 0 Å². The van der Waals surface area contributed by atoms with Crippen LogP contribution in [0.5, 0.6) is 0 Å². The molecule has 1 amide bonds. The van der Waals surface area contributed by atoms with E-state index in [2.05, 4.69) is 5.32 Å². The van der Waals surface area contributed by atoms with Crippen molar-refractivity contribution in [2.75, 3.05) is 10.8 Å². The van der Waals surface area contributed by atoms with Crippen LogP contribution >= 0.6 is 11.6 Å². The SMILES string of the molecule is O=C(CN(c1ccccc1)S(=O)(=O)c1ccc(Cl)c([N+](=O)[O-])c1)NCc1ccccc1. The first kappa shape index (κ1) is 22.3. The number of hydrogen-bond donors (Lipinski definition) is 1. The van der Waals surface area contributed by atoms with Gasteiger partial charge < -0.3 is 5.32 Å². The summed E-state index contributed by atoms with van der Waals surface area (Å²) in [5, 5.41) is 13.7. The third-order valence-electron chi connectivity index (χ3n) is 4.37. The Morgan fingerprint density at radius 2 is 1.61 bits per heavy atom. The van der Waals surface area contributed by atoms with Gasteiger partial charge in [-0.1, -0.05) is 60.1 Å². The molecule has 10 heteroatoms. The topological polar surface area (TPSA) is 110 Å². The van der Waals surface area contributed by atoms with Gasteiger partial charge in [-0.15, -0.1) is 0 Å². The van der Waals surface area contributed by atoms with Crippen LogP contribution in [0, 0.1) is 10.1 Å². The number of nitro benzene ring substituents is 1. The van der Waals surface area contributed by atoms with E-state index in [1.807, 2.05) is 30.3 Å². The van der Waals surface area contributed by atoms with Gasteiger partial charge in [-0.05, 0) is 29.8 Å². The van der Waals surface area contributed by atoms with E-state index >= 15 is 0 Å². The number of para-hydroxylation sites is 1. The summed E-state index contributed by atoms with van der Waals surface area (Å²) >= 11 is 5.81. The molecule has 0 aliphatic carbocycles. The van der Waals surface area contributed by atoms with E-state index in [0.717, 1.165) is 22.0 Å². The van der Waals surface area contributed by atoms with Crippen molar-refractivity contribution in [2.45, 2.75) is 11.4 Å². The maximum absolute atomic E-state index is 13.3. The molecule has 0 atom stereocenters. The lowest BCUT2D eigenvalue weighted by Gasteiger charge is -2.24. The van der Waals surface area contributed by atoms with E-state index in [-0.39, 0.29) is 22.2 Å². The number of rotatable bonds is 8. The number of hydrogen-bond acceptors (Lipinski definition) is 5. The van der Waals surface area contributed by atoms with E-state index in [9.17, 15) is 23.3 Å². The largest absolute Gasteiger partial charge is 0.350 e. The van der Waals surface area contributed by atoms with Crippen molar-refractivity contribution < 1.29 is 18.1 Å². The van der Waals surface area contributed by atoms with E-state index in [4.69, 9.17) is 11.6 Å². The first-order valence-corrected chi connectivity index (χ1v) is 10.9. The molecule has 160 valence electrons. The molecule has 0 bridgehead atoms. The van der Waals surface area contributed by atoms with E-state index in [1.54, 1.807) is 18.2 Å². The Kier molecular flexibility index (Phi) is 6.88. The summed E-state index contributed by atoms with van der Waals surface area (Å²) in [5.41, 5.74) is 0.567. The number of anilines is 1. The number of amides is 1. The van der Waals surface area contributed by atoms with Crippen molar-refractivity contribution in [3.8, 4) is 0 Å². The minimum Gasteiger partial charge on any atom is -0.350 e. The third kappa shape index (κ3) is 5.39. The number of halogens is 1. The van der Waals surface area contributed by atoms with Gasteiger partial charge >= 0.3 is 0 Å². The number of sulfonamides is 1. The molecule has 0 fully saturated rings. The Morgan fingerprint density at radius 3 is 2.23 bits per heavy atom. The van der Waals surface area contributed by atoms with Crippen LogP contribution in [0.1, 0.15) is 5.56 Å². The van der Waals surface area contributed by atoms with E-state index < -0.39 is 33.1 Å². The summed E-state index contributed by atoms with van der Waals surface area (Å²) in [6.07, 6.45) is 0. The van der Waals surface area contributed by atoms with Crippen LogP contribution < -0.4 is 9.62 Å². The minimum atomic E-state index is -4.30. The molecule has 0 radical (unpaired) electrons. The second kappa shape index (κ2) is 9.59.